The van der Waals surface area contributed by atoms with Crippen molar-refractivity contribution in [3.63, 3.8) is 0 Å². The Labute approximate surface area is 135 Å². The number of benzene rings is 1. The molecule has 0 spiro atoms. The van der Waals surface area contributed by atoms with Crippen LogP contribution in [0.15, 0.2) is 24.3 Å². The number of aryl methyl sites for hydroxylation is 1. The van der Waals surface area contributed by atoms with Gasteiger partial charge in [-0.05, 0) is 48.1 Å². The van der Waals surface area contributed by atoms with E-state index in [1.807, 2.05) is 0 Å². The summed E-state index contributed by atoms with van der Waals surface area (Å²) in [4.78, 5) is 15.6. The van der Waals surface area contributed by atoms with Gasteiger partial charge in [-0.3, -0.25) is 4.79 Å². The van der Waals surface area contributed by atoms with E-state index in [2.05, 4.69) is 52.0 Å². The van der Waals surface area contributed by atoms with E-state index in [0.29, 0.717) is 28.5 Å². The van der Waals surface area contributed by atoms with Gasteiger partial charge in [0.1, 0.15) is 0 Å². The molecule has 0 N–H and O–H groups in total. The van der Waals surface area contributed by atoms with Gasteiger partial charge in [0.05, 0.1) is 0 Å². The van der Waals surface area contributed by atoms with E-state index in [0.717, 1.165) is 25.9 Å². The van der Waals surface area contributed by atoms with Gasteiger partial charge in [0.25, 0.3) is 0 Å². The molecule has 0 aromatic heterocycles. The number of piperidine rings is 1. The van der Waals surface area contributed by atoms with Crippen LogP contribution in [0.4, 0.5) is 0 Å². The molecule has 1 aromatic rings. The normalized spacial score (nSPS) is 37.6. The smallest absolute Gasteiger partial charge is 0.226 e. The van der Waals surface area contributed by atoms with Crippen molar-refractivity contribution in [1.29, 1.82) is 0 Å². The van der Waals surface area contributed by atoms with Gasteiger partial charge in [0, 0.05) is 23.8 Å². The van der Waals surface area contributed by atoms with Crippen molar-refractivity contribution in [2.75, 3.05) is 13.1 Å². The first kappa shape index (κ1) is 13.8. The lowest BCUT2D eigenvalue weighted by atomic mass is 9.92. The number of hydrogen-bond donors (Lipinski definition) is 0. The standard InChI is InChI=1S/C18H22BrNO/c1-11-10-20(9-8-15(11)19)18(21)17-14-7-6-12-4-2-3-5-13(12)16(14)17/h2-5,11,14-17H,6-10H2,1H3. The molecule has 0 radical (unpaired) electrons. The molecule has 5 unspecified atom stereocenters. The number of carbonyl (C=O) groups excluding carboxylic acids is 1. The van der Waals surface area contributed by atoms with E-state index in [1.54, 1.807) is 0 Å². The average Bonchev–Trinajstić information content (AvgIpc) is 3.24. The van der Waals surface area contributed by atoms with E-state index in [1.165, 1.54) is 17.5 Å². The Bertz CT molecular complexity index is 572. The number of halogens is 1. The minimum atomic E-state index is 0.271. The zero-order valence-corrected chi connectivity index (χ0v) is 14.1. The summed E-state index contributed by atoms with van der Waals surface area (Å²) in [5, 5.41) is 0. The van der Waals surface area contributed by atoms with E-state index in [9.17, 15) is 4.79 Å². The van der Waals surface area contributed by atoms with Crippen LogP contribution < -0.4 is 0 Å². The van der Waals surface area contributed by atoms with E-state index in [-0.39, 0.29) is 5.92 Å². The van der Waals surface area contributed by atoms with Crippen molar-refractivity contribution in [3.05, 3.63) is 35.4 Å². The number of carbonyl (C=O) groups is 1. The molecule has 4 rings (SSSR count). The molecule has 21 heavy (non-hydrogen) atoms. The summed E-state index contributed by atoms with van der Waals surface area (Å²) >= 11 is 3.73. The largest absolute Gasteiger partial charge is 0.342 e. The van der Waals surface area contributed by atoms with Crippen molar-refractivity contribution in [2.24, 2.45) is 17.8 Å². The Morgan fingerprint density at radius 3 is 2.90 bits per heavy atom. The number of rotatable bonds is 1. The fraction of sp³-hybridized carbons (Fsp3) is 0.611. The molecular weight excluding hydrogens is 326 g/mol. The number of amides is 1. The lowest BCUT2D eigenvalue weighted by Gasteiger charge is -2.34. The summed E-state index contributed by atoms with van der Waals surface area (Å²) in [6.07, 6.45) is 3.44. The summed E-state index contributed by atoms with van der Waals surface area (Å²) in [6.45, 7) is 4.09. The van der Waals surface area contributed by atoms with Crippen LogP contribution in [0.1, 0.15) is 36.8 Å². The van der Waals surface area contributed by atoms with Gasteiger partial charge < -0.3 is 4.90 Å². The van der Waals surface area contributed by atoms with Gasteiger partial charge in [0.2, 0.25) is 5.91 Å². The highest BCUT2D eigenvalue weighted by Gasteiger charge is 2.58. The maximum atomic E-state index is 12.9. The molecule has 5 atom stereocenters. The fourth-order valence-electron chi connectivity index (χ4n) is 4.43. The van der Waals surface area contributed by atoms with Crippen LogP contribution in [0.2, 0.25) is 0 Å². The van der Waals surface area contributed by atoms with Crippen LogP contribution in [0.5, 0.6) is 0 Å². The average molecular weight is 348 g/mol. The van der Waals surface area contributed by atoms with Gasteiger partial charge in [-0.1, -0.05) is 47.1 Å². The minimum absolute atomic E-state index is 0.271. The zero-order chi connectivity index (χ0) is 14.6. The van der Waals surface area contributed by atoms with E-state index < -0.39 is 0 Å². The summed E-state index contributed by atoms with van der Waals surface area (Å²) < 4.78 is 0. The van der Waals surface area contributed by atoms with Gasteiger partial charge in [-0.25, -0.2) is 0 Å². The molecule has 1 saturated heterocycles. The third kappa shape index (κ3) is 2.25. The Balaban J connectivity index is 1.51. The highest BCUT2D eigenvalue weighted by Crippen LogP contribution is 2.60. The first-order valence-electron chi connectivity index (χ1n) is 8.17. The summed E-state index contributed by atoms with van der Waals surface area (Å²) in [6, 6.07) is 8.73. The van der Waals surface area contributed by atoms with Crippen molar-refractivity contribution >= 4 is 21.8 Å². The second-order valence-electron chi connectivity index (χ2n) is 7.02. The molecule has 3 heteroatoms. The van der Waals surface area contributed by atoms with Crippen molar-refractivity contribution in [1.82, 2.24) is 4.90 Å². The van der Waals surface area contributed by atoms with Crippen LogP contribution in [0, 0.1) is 17.8 Å². The quantitative estimate of drug-likeness (QED) is 0.711. The van der Waals surface area contributed by atoms with Gasteiger partial charge >= 0.3 is 0 Å². The molecule has 2 fully saturated rings. The Kier molecular flexibility index (Phi) is 3.36. The monoisotopic (exact) mass is 347 g/mol. The summed E-state index contributed by atoms with van der Waals surface area (Å²) in [5.74, 6) is 2.39. The molecule has 3 aliphatic rings. The van der Waals surface area contributed by atoms with Crippen LogP contribution in [-0.2, 0) is 11.2 Å². The second kappa shape index (κ2) is 5.12. The number of alkyl halides is 1. The molecule has 0 bridgehead atoms. The molecule has 1 aromatic carbocycles. The number of fused-ring (bicyclic) bond motifs is 3. The number of likely N-dealkylation sites (tertiary alicyclic amines) is 1. The maximum absolute atomic E-state index is 12.9. The topological polar surface area (TPSA) is 20.3 Å². The van der Waals surface area contributed by atoms with Crippen molar-refractivity contribution in [3.8, 4) is 0 Å². The first-order valence-corrected chi connectivity index (χ1v) is 9.09. The van der Waals surface area contributed by atoms with E-state index >= 15 is 0 Å². The van der Waals surface area contributed by atoms with Crippen LogP contribution in [-0.4, -0.2) is 28.7 Å². The first-order chi connectivity index (χ1) is 10.2. The number of hydrogen-bond acceptors (Lipinski definition) is 1. The van der Waals surface area contributed by atoms with Crippen LogP contribution in [0.25, 0.3) is 0 Å². The van der Waals surface area contributed by atoms with Crippen molar-refractivity contribution < 1.29 is 4.79 Å². The Hall–Kier alpha value is -0.830. The molecule has 1 heterocycles. The third-order valence-corrected chi connectivity index (χ3v) is 7.09. The van der Waals surface area contributed by atoms with Gasteiger partial charge in [0.15, 0.2) is 0 Å². The highest BCUT2D eigenvalue weighted by molar-refractivity contribution is 9.09. The predicted octanol–water partition coefficient (Wildman–Crippen LogP) is 3.59. The Morgan fingerprint density at radius 1 is 1.29 bits per heavy atom. The molecule has 1 saturated carbocycles. The molecule has 1 aliphatic heterocycles. The summed E-state index contributed by atoms with van der Waals surface area (Å²) in [5.41, 5.74) is 2.93. The molecule has 1 amide bonds. The predicted molar refractivity (Wildman–Crippen MR) is 87.6 cm³/mol. The van der Waals surface area contributed by atoms with Gasteiger partial charge in [-0.2, -0.15) is 0 Å². The number of nitrogens with zero attached hydrogens (tertiary/aromatic N) is 1. The molecule has 2 aliphatic carbocycles. The van der Waals surface area contributed by atoms with Crippen LogP contribution in [0.3, 0.4) is 0 Å². The maximum Gasteiger partial charge on any atom is 0.226 e. The molecular formula is C18H22BrNO. The summed E-state index contributed by atoms with van der Waals surface area (Å²) in [7, 11) is 0. The zero-order valence-electron chi connectivity index (χ0n) is 12.5. The van der Waals surface area contributed by atoms with E-state index in [4.69, 9.17) is 0 Å². The second-order valence-corrected chi connectivity index (χ2v) is 8.20. The van der Waals surface area contributed by atoms with Gasteiger partial charge in [-0.15, -0.1) is 0 Å². The lowest BCUT2D eigenvalue weighted by Crippen LogP contribution is -2.44. The fourth-order valence-corrected chi connectivity index (χ4v) is 4.80. The lowest BCUT2D eigenvalue weighted by molar-refractivity contribution is -0.134. The third-order valence-electron chi connectivity index (χ3n) is 5.73. The highest BCUT2D eigenvalue weighted by atomic mass is 79.9. The molecule has 112 valence electrons. The minimum Gasteiger partial charge on any atom is -0.342 e. The Morgan fingerprint density at radius 2 is 2.10 bits per heavy atom. The van der Waals surface area contributed by atoms with Crippen molar-refractivity contribution in [2.45, 2.75) is 36.9 Å². The SMILES string of the molecule is CC1CN(C(=O)C2C3CCc4ccccc4C32)CCC1Br. The van der Waals surface area contributed by atoms with Crippen LogP contribution >= 0.6 is 15.9 Å². The molecule has 2 nitrogen and oxygen atoms in total.